The van der Waals surface area contributed by atoms with Crippen molar-refractivity contribution in [2.45, 2.75) is 26.1 Å². The Morgan fingerprint density at radius 3 is 2.00 bits per heavy atom. The summed E-state index contributed by atoms with van der Waals surface area (Å²) in [7, 11) is 0. The average molecular weight is 136 g/mol. The highest BCUT2D eigenvalue weighted by Gasteiger charge is 2.19. The fourth-order valence-electron chi connectivity index (χ4n) is 0.526. The predicted molar refractivity (Wildman–Crippen MR) is 32.8 cm³/mol. The maximum absolute atomic E-state index is 12.3. The Hall–Kier alpha value is -0.150. The highest BCUT2D eigenvalue weighted by Crippen LogP contribution is 2.08. The molecule has 0 bridgehead atoms. The third kappa shape index (κ3) is 2.77. The molecule has 0 saturated heterocycles. The summed E-state index contributed by atoms with van der Waals surface area (Å²) in [4.78, 5) is 0. The van der Waals surface area contributed by atoms with Crippen molar-refractivity contribution < 1.29 is 14.6 Å². The third-order valence-corrected chi connectivity index (χ3v) is 1.23. The zero-order valence-electron chi connectivity index (χ0n) is 5.71. The van der Waals surface area contributed by atoms with Crippen LogP contribution >= 0.6 is 0 Å². The van der Waals surface area contributed by atoms with E-state index in [0.29, 0.717) is 0 Å². The third-order valence-electron chi connectivity index (χ3n) is 1.23. The average Bonchev–Trinajstić information content (AvgIpc) is 1.84. The molecule has 2 atom stereocenters. The fraction of sp³-hybridized carbons (Fsp3) is 1.00. The molecule has 0 rings (SSSR count). The molecule has 0 aromatic heterocycles. The zero-order chi connectivity index (χ0) is 7.44. The SMILES string of the molecule is CC(C)[C@@H](O)[C@@H](F)CO. The van der Waals surface area contributed by atoms with Crippen LogP contribution in [0.3, 0.4) is 0 Å². The number of aliphatic hydroxyl groups excluding tert-OH is 2. The van der Waals surface area contributed by atoms with Crippen LogP contribution in [0.5, 0.6) is 0 Å². The summed E-state index contributed by atoms with van der Waals surface area (Å²) in [6, 6.07) is 0. The first-order valence-electron chi connectivity index (χ1n) is 3.02. The van der Waals surface area contributed by atoms with E-state index in [1.54, 1.807) is 13.8 Å². The van der Waals surface area contributed by atoms with Crippen LogP contribution in [0.4, 0.5) is 4.39 Å². The van der Waals surface area contributed by atoms with Gasteiger partial charge >= 0.3 is 0 Å². The quantitative estimate of drug-likeness (QED) is 0.587. The van der Waals surface area contributed by atoms with Crippen LogP contribution in [-0.4, -0.2) is 29.1 Å². The minimum atomic E-state index is -1.50. The van der Waals surface area contributed by atoms with E-state index in [4.69, 9.17) is 10.2 Å². The Balaban J connectivity index is 3.58. The summed E-state index contributed by atoms with van der Waals surface area (Å²) in [5.74, 6) is -0.132. The van der Waals surface area contributed by atoms with Crippen LogP contribution in [0.1, 0.15) is 13.8 Å². The molecule has 0 aliphatic rings. The first-order valence-corrected chi connectivity index (χ1v) is 3.02. The molecule has 2 N–H and O–H groups in total. The maximum Gasteiger partial charge on any atom is 0.149 e. The lowest BCUT2D eigenvalue weighted by molar-refractivity contribution is 0.0119. The number of halogens is 1. The van der Waals surface area contributed by atoms with E-state index in [1.807, 2.05) is 0 Å². The molecule has 0 unspecified atom stereocenters. The molecule has 0 saturated carbocycles. The van der Waals surface area contributed by atoms with Gasteiger partial charge in [0.1, 0.15) is 6.17 Å². The van der Waals surface area contributed by atoms with Crippen molar-refractivity contribution in [3.8, 4) is 0 Å². The van der Waals surface area contributed by atoms with E-state index < -0.39 is 18.9 Å². The van der Waals surface area contributed by atoms with E-state index in [0.717, 1.165) is 0 Å². The van der Waals surface area contributed by atoms with Crippen molar-refractivity contribution >= 4 is 0 Å². The van der Waals surface area contributed by atoms with E-state index in [9.17, 15) is 4.39 Å². The highest BCUT2D eigenvalue weighted by atomic mass is 19.1. The van der Waals surface area contributed by atoms with Crippen LogP contribution in [0, 0.1) is 5.92 Å². The van der Waals surface area contributed by atoms with Gasteiger partial charge in [-0.2, -0.15) is 0 Å². The van der Waals surface area contributed by atoms with Crippen molar-refractivity contribution in [1.82, 2.24) is 0 Å². The van der Waals surface area contributed by atoms with Crippen molar-refractivity contribution in [3.63, 3.8) is 0 Å². The van der Waals surface area contributed by atoms with E-state index >= 15 is 0 Å². The second kappa shape index (κ2) is 3.80. The number of alkyl halides is 1. The Morgan fingerprint density at radius 2 is 1.89 bits per heavy atom. The Bertz CT molecular complexity index is 75.5. The van der Waals surface area contributed by atoms with Gasteiger partial charge in [0.05, 0.1) is 12.7 Å². The van der Waals surface area contributed by atoms with Gasteiger partial charge in [-0.3, -0.25) is 0 Å². The van der Waals surface area contributed by atoms with E-state index in [-0.39, 0.29) is 5.92 Å². The highest BCUT2D eigenvalue weighted by molar-refractivity contribution is 4.68. The first kappa shape index (κ1) is 8.85. The van der Waals surface area contributed by atoms with E-state index in [2.05, 4.69) is 0 Å². The minimum absolute atomic E-state index is 0.132. The smallest absolute Gasteiger partial charge is 0.149 e. The Labute approximate surface area is 54.3 Å². The molecule has 0 aromatic carbocycles. The molecule has 0 aromatic rings. The van der Waals surface area contributed by atoms with Crippen molar-refractivity contribution in [2.75, 3.05) is 6.61 Å². The summed E-state index contributed by atoms with van der Waals surface area (Å²) in [5, 5.41) is 17.1. The summed E-state index contributed by atoms with van der Waals surface area (Å²) < 4.78 is 12.3. The first-order chi connectivity index (χ1) is 4.09. The van der Waals surface area contributed by atoms with Gasteiger partial charge in [-0.05, 0) is 5.92 Å². The van der Waals surface area contributed by atoms with Gasteiger partial charge in [-0.15, -0.1) is 0 Å². The molecule has 0 heterocycles. The lowest BCUT2D eigenvalue weighted by Gasteiger charge is -2.16. The molecule has 0 radical (unpaired) electrons. The topological polar surface area (TPSA) is 40.5 Å². The Kier molecular flexibility index (Phi) is 3.73. The minimum Gasteiger partial charge on any atom is -0.393 e. The summed E-state index contributed by atoms with van der Waals surface area (Å²) in [5.41, 5.74) is 0. The summed E-state index contributed by atoms with van der Waals surface area (Å²) in [6.07, 6.45) is -2.53. The number of aliphatic hydroxyl groups is 2. The van der Waals surface area contributed by atoms with Crippen molar-refractivity contribution in [3.05, 3.63) is 0 Å². The molecule has 2 nitrogen and oxygen atoms in total. The number of hydrogen-bond donors (Lipinski definition) is 2. The molecule has 0 amide bonds. The standard InChI is InChI=1S/C6H13FO2/c1-4(2)6(9)5(7)3-8/h4-6,8-9H,3H2,1-2H3/t5-,6+/m0/s1. The van der Waals surface area contributed by atoms with Gasteiger partial charge in [0, 0.05) is 0 Å². The molecule has 0 aliphatic heterocycles. The van der Waals surface area contributed by atoms with Crippen LogP contribution in [-0.2, 0) is 0 Å². The molecular formula is C6H13FO2. The van der Waals surface area contributed by atoms with Crippen LogP contribution in [0.25, 0.3) is 0 Å². The van der Waals surface area contributed by atoms with Gasteiger partial charge in [0.15, 0.2) is 0 Å². The molecule has 0 fully saturated rings. The normalized spacial score (nSPS) is 18.0. The lowest BCUT2D eigenvalue weighted by Crippen LogP contribution is -2.29. The maximum atomic E-state index is 12.3. The van der Waals surface area contributed by atoms with Crippen LogP contribution in [0.2, 0.25) is 0 Å². The van der Waals surface area contributed by atoms with Gasteiger partial charge in [-0.1, -0.05) is 13.8 Å². The van der Waals surface area contributed by atoms with Crippen LogP contribution < -0.4 is 0 Å². The molecular weight excluding hydrogens is 123 g/mol. The van der Waals surface area contributed by atoms with Gasteiger partial charge in [-0.25, -0.2) is 4.39 Å². The molecule has 0 aliphatic carbocycles. The largest absolute Gasteiger partial charge is 0.393 e. The number of hydrogen-bond acceptors (Lipinski definition) is 2. The number of rotatable bonds is 3. The predicted octanol–water partition coefficient (Wildman–Crippen LogP) is 0.334. The molecule has 3 heteroatoms. The van der Waals surface area contributed by atoms with Crippen molar-refractivity contribution in [1.29, 1.82) is 0 Å². The van der Waals surface area contributed by atoms with Crippen molar-refractivity contribution in [2.24, 2.45) is 5.92 Å². The van der Waals surface area contributed by atoms with Gasteiger partial charge in [0.2, 0.25) is 0 Å². The lowest BCUT2D eigenvalue weighted by atomic mass is 10.0. The van der Waals surface area contributed by atoms with Crippen LogP contribution in [0.15, 0.2) is 0 Å². The fourth-order valence-corrected chi connectivity index (χ4v) is 0.526. The van der Waals surface area contributed by atoms with E-state index in [1.165, 1.54) is 0 Å². The molecule has 0 spiro atoms. The van der Waals surface area contributed by atoms with Gasteiger partial charge in [0.25, 0.3) is 0 Å². The second-order valence-corrected chi connectivity index (χ2v) is 2.43. The molecule has 56 valence electrons. The second-order valence-electron chi connectivity index (χ2n) is 2.43. The molecule has 9 heavy (non-hydrogen) atoms. The summed E-state index contributed by atoms with van der Waals surface area (Å²) >= 11 is 0. The Morgan fingerprint density at radius 1 is 1.44 bits per heavy atom. The summed E-state index contributed by atoms with van der Waals surface area (Å²) in [6.45, 7) is 2.80. The zero-order valence-corrected chi connectivity index (χ0v) is 5.71. The monoisotopic (exact) mass is 136 g/mol. The van der Waals surface area contributed by atoms with Gasteiger partial charge < -0.3 is 10.2 Å².